The molecule has 0 saturated heterocycles. The fourth-order valence-electron chi connectivity index (χ4n) is 3.08. The van der Waals surface area contributed by atoms with Crippen LogP contribution in [-0.2, 0) is 16.2 Å². The van der Waals surface area contributed by atoms with E-state index >= 15 is 0 Å². The molecule has 0 fully saturated rings. The number of Topliss-reactive ketones (excluding diaryl/α,β-unsaturated/α-hetero) is 1. The number of carbonyl (C=O) groups excluding carboxylic acids is 1. The van der Waals surface area contributed by atoms with E-state index in [0.717, 1.165) is 12.1 Å². The summed E-state index contributed by atoms with van der Waals surface area (Å²) in [6.07, 6.45) is -15.9. The molecular weight excluding hydrogens is 643 g/mol. The Kier molecular flexibility index (Phi) is 10.0. The zero-order valence-corrected chi connectivity index (χ0v) is 21.6. The first-order chi connectivity index (χ1) is 17.5. The Morgan fingerprint density at radius 3 is 1.92 bits per heavy atom. The molecule has 18 heteroatoms. The van der Waals surface area contributed by atoms with E-state index < -0.39 is 90.7 Å². The maximum absolute atomic E-state index is 14.9. The Balaban J connectivity index is 2.49. The van der Waals surface area contributed by atoms with E-state index in [4.69, 9.17) is 34.8 Å². The van der Waals surface area contributed by atoms with Crippen LogP contribution in [-0.4, -0.2) is 38.9 Å². The quantitative estimate of drug-likeness (QED) is 0.178. The maximum atomic E-state index is 14.9. The number of allylic oxidation sites excluding steroid dienone is 1. The van der Waals surface area contributed by atoms with Gasteiger partial charge >= 0.3 is 18.5 Å². The van der Waals surface area contributed by atoms with Crippen LogP contribution in [0.15, 0.2) is 36.4 Å². The molecule has 0 spiro atoms. The summed E-state index contributed by atoms with van der Waals surface area (Å²) in [4.78, 5) is 12.2. The number of halogens is 13. The SMILES string of the molecule is O=C(CNS(=O)(=O)CC(F)(F)F)c1ccc(/C(F)=C/C(c2cc(Cl)c(Cl)c(Cl)c2)C(F)(F)F)cc1C(F)(F)F. The summed E-state index contributed by atoms with van der Waals surface area (Å²) in [6.45, 7) is -1.52. The Morgan fingerprint density at radius 1 is 0.923 bits per heavy atom. The van der Waals surface area contributed by atoms with Gasteiger partial charge in [-0.05, 0) is 29.8 Å². The number of hydrogen-bond acceptors (Lipinski definition) is 3. The van der Waals surface area contributed by atoms with Gasteiger partial charge in [0.2, 0.25) is 10.0 Å². The first-order valence-electron chi connectivity index (χ1n) is 9.89. The van der Waals surface area contributed by atoms with Crippen LogP contribution >= 0.6 is 34.8 Å². The first-order valence-corrected chi connectivity index (χ1v) is 12.7. The molecule has 0 aromatic heterocycles. The molecule has 4 nitrogen and oxygen atoms in total. The summed E-state index contributed by atoms with van der Waals surface area (Å²) in [6, 6.07) is 2.26. The van der Waals surface area contributed by atoms with Gasteiger partial charge in [-0.2, -0.15) is 39.5 Å². The highest BCUT2D eigenvalue weighted by Gasteiger charge is 2.41. The van der Waals surface area contributed by atoms with Crippen LogP contribution < -0.4 is 4.72 Å². The fourth-order valence-corrected chi connectivity index (χ4v) is 4.58. The van der Waals surface area contributed by atoms with Gasteiger partial charge in [0.05, 0.1) is 27.2 Å². The zero-order valence-electron chi connectivity index (χ0n) is 18.5. The monoisotopic (exact) mass is 653 g/mol. The molecule has 2 rings (SSSR count). The largest absolute Gasteiger partial charge is 0.417 e. The van der Waals surface area contributed by atoms with Crippen molar-refractivity contribution in [3.63, 3.8) is 0 Å². The molecule has 1 atom stereocenters. The summed E-state index contributed by atoms with van der Waals surface area (Å²) in [5.74, 6) is -8.64. The minimum absolute atomic E-state index is 0.0153. The Morgan fingerprint density at radius 2 is 1.46 bits per heavy atom. The number of hydrogen-bond donors (Lipinski definition) is 1. The van der Waals surface area contributed by atoms with Gasteiger partial charge in [0.15, 0.2) is 11.5 Å². The second kappa shape index (κ2) is 11.8. The van der Waals surface area contributed by atoms with Gasteiger partial charge in [-0.3, -0.25) is 4.79 Å². The van der Waals surface area contributed by atoms with E-state index in [-0.39, 0.29) is 17.2 Å². The Hall–Kier alpha value is -2.07. The van der Waals surface area contributed by atoms with Gasteiger partial charge in [0.1, 0.15) is 11.7 Å². The average Bonchev–Trinajstić information content (AvgIpc) is 2.75. The topological polar surface area (TPSA) is 63.2 Å². The van der Waals surface area contributed by atoms with E-state index in [1.54, 1.807) is 0 Å². The molecule has 216 valence electrons. The molecule has 0 aliphatic heterocycles. The molecule has 39 heavy (non-hydrogen) atoms. The van der Waals surface area contributed by atoms with E-state index in [1.165, 1.54) is 4.72 Å². The number of alkyl halides is 9. The molecule has 0 aliphatic rings. The summed E-state index contributed by atoms with van der Waals surface area (Å²) >= 11 is 17.1. The molecule has 0 amide bonds. The van der Waals surface area contributed by atoms with Crippen LogP contribution in [0.1, 0.15) is 33.0 Å². The Labute approximate surface area is 228 Å². The van der Waals surface area contributed by atoms with Crippen molar-refractivity contribution in [2.45, 2.75) is 24.4 Å². The highest BCUT2D eigenvalue weighted by atomic mass is 35.5. The third-order valence-corrected chi connectivity index (χ3v) is 7.23. The van der Waals surface area contributed by atoms with Crippen molar-refractivity contribution in [1.82, 2.24) is 4.72 Å². The van der Waals surface area contributed by atoms with E-state index in [0.29, 0.717) is 12.1 Å². The molecule has 1 N–H and O–H groups in total. The maximum Gasteiger partial charge on any atom is 0.417 e. The fraction of sp³-hybridized carbons (Fsp3) is 0.286. The number of sulfonamides is 1. The van der Waals surface area contributed by atoms with Crippen LogP contribution in [0, 0.1) is 0 Å². The third-order valence-electron chi connectivity index (χ3n) is 4.74. The third kappa shape index (κ3) is 9.23. The van der Waals surface area contributed by atoms with Crippen LogP contribution in [0.4, 0.5) is 43.9 Å². The first kappa shape index (κ1) is 33.1. The molecule has 0 radical (unpaired) electrons. The minimum atomic E-state index is -5.41. The number of rotatable bonds is 8. The molecule has 0 aliphatic carbocycles. The Bertz CT molecular complexity index is 1360. The number of ketones is 1. The lowest BCUT2D eigenvalue weighted by molar-refractivity contribution is -0.140. The zero-order chi connectivity index (χ0) is 30.1. The van der Waals surface area contributed by atoms with Crippen molar-refractivity contribution in [3.05, 3.63) is 73.7 Å². The molecule has 0 bridgehead atoms. The van der Waals surface area contributed by atoms with Gasteiger partial charge in [-0.15, -0.1) is 0 Å². The smallest absolute Gasteiger partial charge is 0.293 e. The van der Waals surface area contributed by atoms with Crippen molar-refractivity contribution in [2.75, 3.05) is 12.3 Å². The minimum Gasteiger partial charge on any atom is -0.293 e. The van der Waals surface area contributed by atoms with E-state index in [9.17, 15) is 57.1 Å². The number of benzene rings is 2. The van der Waals surface area contributed by atoms with Crippen molar-refractivity contribution in [1.29, 1.82) is 0 Å². The molecule has 2 aromatic rings. The highest BCUT2D eigenvalue weighted by Crippen LogP contribution is 2.42. The van der Waals surface area contributed by atoms with Crippen LogP contribution in [0.2, 0.25) is 15.1 Å². The van der Waals surface area contributed by atoms with E-state index in [2.05, 4.69) is 0 Å². The summed E-state index contributed by atoms with van der Waals surface area (Å²) < 4.78 is 158. The lowest BCUT2D eigenvalue weighted by atomic mass is 9.95. The molecule has 1 unspecified atom stereocenters. The molecule has 2 aromatic carbocycles. The molecule has 0 saturated carbocycles. The van der Waals surface area contributed by atoms with Crippen molar-refractivity contribution >= 4 is 56.4 Å². The summed E-state index contributed by atoms with van der Waals surface area (Å²) in [7, 11) is -5.15. The van der Waals surface area contributed by atoms with Gasteiger partial charge in [0, 0.05) is 11.1 Å². The van der Waals surface area contributed by atoms with Gasteiger partial charge in [-0.25, -0.2) is 17.5 Å². The van der Waals surface area contributed by atoms with Gasteiger partial charge < -0.3 is 0 Å². The molecule has 0 heterocycles. The van der Waals surface area contributed by atoms with Gasteiger partial charge in [-0.1, -0.05) is 46.9 Å². The van der Waals surface area contributed by atoms with Crippen LogP contribution in [0.5, 0.6) is 0 Å². The van der Waals surface area contributed by atoms with E-state index in [1.807, 2.05) is 0 Å². The lowest BCUT2D eigenvalue weighted by Crippen LogP contribution is -2.37. The van der Waals surface area contributed by atoms with Crippen molar-refractivity contribution in [3.8, 4) is 0 Å². The molecular formula is C21H12Cl3F10NO3S. The predicted molar refractivity (Wildman–Crippen MR) is 123 cm³/mol. The summed E-state index contributed by atoms with van der Waals surface area (Å²) in [5.41, 5.74) is -4.93. The normalized spacial score (nSPS) is 14.4. The van der Waals surface area contributed by atoms with Crippen molar-refractivity contribution < 1.29 is 57.1 Å². The highest BCUT2D eigenvalue weighted by molar-refractivity contribution is 7.89. The second-order valence-electron chi connectivity index (χ2n) is 7.71. The standard InChI is InChI=1S/C21H12Cl3F10NO3S/c22-14-4-10(5-15(23)18(14)24)12(20(29,30)31)6-16(25)9-1-2-11(13(3-9)21(32,33)34)17(36)7-35-39(37,38)8-19(26,27)28/h1-6,12,35H,7-8H2/b16-6-. The van der Waals surface area contributed by atoms with Crippen molar-refractivity contribution in [2.24, 2.45) is 0 Å². The van der Waals surface area contributed by atoms with Gasteiger partial charge in [0.25, 0.3) is 0 Å². The average molecular weight is 655 g/mol. The van der Waals surface area contributed by atoms with Crippen LogP contribution in [0.3, 0.4) is 0 Å². The summed E-state index contributed by atoms with van der Waals surface area (Å²) in [5, 5.41) is -1.14. The number of nitrogens with one attached hydrogen (secondary N) is 1. The predicted octanol–water partition coefficient (Wildman–Crippen LogP) is 7.99. The number of carbonyl (C=O) groups is 1. The van der Waals surface area contributed by atoms with Crippen LogP contribution in [0.25, 0.3) is 5.83 Å². The second-order valence-corrected chi connectivity index (χ2v) is 10.7. The lowest BCUT2D eigenvalue weighted by Gasteiger charge is -2.19.